The van der Waals surface area contributed by atoms with Crippen molar-refractivity contribution in [3.8, 4) is 0 Å². The Hall–Kier alpha value is -1.24. The smallest absolute Gasteiger partial charge is 0.255 e. The van der Waals surface area contributed by atoms with E-state index in [0.29, 0.717) is 16.8 Å². The van der Waals surface area contributed by atoms with Crippen LogP contribution in [-0.4, -0.2) is 10.9 Å². The molecule has 0 unspecified atom stereocenters. The Morgan fingerprint density at radius 3 is 2.25 bits per heavy atom. The number of carbonyl (C=O) groups is 1. The third-order valence-corrected chi connectivity index (χ3v) is 3.84. The molecule has 102 valence electrons. The molecule has 0 spiro atoms. The molecule has 0 atom stereocenters. The fourth-order valence-electron chi connectivity index (χ4n) is 1.63. The second-order valence-electron chi connectivity index (χ2n) is 4.02. The molecule has 0 aliphatic rings. The first kappa shape index (κ1) is 15.2. The van der Waals surface area contributed by atoms with Gasteiger partial charge < -0.3 is 11.1 Å². The van der Waals surface area contributed by atoms with Gasteiger partial charge in [0.05, 0.1) is 5.69 Å². The molecule has 0 aliphatic heterocycles. The topological polar surface area (TPSA) is 55.1 Å². The van der Waals surface area contributed by atoms with E-state index >= 15 is 0 Å². The van der Waals surface area contributed by atoms with Crippen LogP contribution in [0, 0.1) is 0 Å². The number of hydrogen-bond donors (Lipinski definition) is 2. The van der Waals surface area contributed by atoms with E-state index < -0.39 is 0 Å². The van der Waals surface area contributed by atoms with Gasteiger partial charge in [0.15, 0.2) is 0 Å². The van der Waals surface area contributed by atoms with Crippen molar-refractivity contribution in [2.75, 3.05) is 5.32 Å². The summed E-state index contributed by atoms with van der Waals surface area (Å²) < 4.78 is 1.75. The van der Waals surface area contributed by atoms with Crippen molar-refractivity contribution in [1.29, 1.82) is 0 Å². The average molecular weight is 414 g/mol. The van der Waals surface area contributed by atoms with Gasteiger partial charge in [-0.05, 0) is 42.5 Å². The standard InChI is InChI=1S/C14H10Br2N2OS/c15-9-3-1-8(2-4-9)14(19)18-12-7-10(16)5-6-11(12)13(17)20/h1-7H,(H2,17,20)(H,18,19). The molecule has 0 aliphatic carbocycles. The molecule has 2 rings (SSSR count). The SMILES string of the molecule is NC(=S)c1ccc(Br)cc1NC(=O)c1ccc(Br)cc1. The largest absolute Gasteiger partial charge is 0.389 e. The Kier molecular flexibility index (Phi) is 4.91. The van der Waals surface area contributed by atoms with Crippen molar-refractivity contribution in [1.82, 2.24) is 0 Å². The summed E-state index contributed by atoms with van der Waals surface area (Å²) in [6, 6.07) is 12.4. The van der Waals surface area contributed by atoms with Gasteiger partial charge in [-0.15, -0.1) is 0 Å². The Morgan fingerprint density at radius 2 is 1.65 bits per heavy atom. The van der Waals surface area contributed by atoms with Crippen molar-refractivity contribution in [2.45, 2.75) is 0 Å². The van der Waals surface area contributed by atoms with Crippen LogP contribution >= 0.6 is 44.1 Å². The molecule has 20 heavy (non-hydrogen) atoms. The van der Waals surface area contributed by atoms with Crippen LogP contribution < -0.4 is 11.1 Å². The van der Waals surface area contributed by atoms with E-state index in [1.54, 1.807) is 24.3 Å². The Bertz CT molecular complexity index is 671. The minimum Gasteiger partial charge on any atom is -0.389 e. The summed E-state index contributed by atoms with van der Waals surface area (Å²) in [5, 5.41) is 2.82. The molecule has 1 amide bonds. The highest BCUT2D eigenvalue weighted by Crippen LogP contribution is 2.22. The molecular formula is C14H10Br2N2OS. The van der Waals surface area contributed by atoms with Crippen LogP contribution in [0.4, 0.5) is 5.69 Å². The number of halogens is 2. The third-order valence-electron chi connectivity index (χ3n) is 2.60. The number of thiocarbonyl (C=S) groups is 1. The highest BCUT2D eigenvalue weighted by Gasteiger charge is 2.11. The molecule has 0 saturated carbocycles. The summed E-state index contributed by atoms with van der Waals surface area (Å²) in [5.74, 6) is -0.215. The maximum atomic E-state index is 12.2. The summed E-state index contributed by atoms with van der Waals surface area (Å²) in [6.07, 6.45) is 0. The quantitative estimate of drug-likeness (QED) is 0.744. The molecule has 0 fully saturated rings. The van der Waals surface area contributed by atoms with Gasteiger partial charge in [0.1, 0.15) is 4.99 Å². The van der Waals surface area contributed by atoms with Crippen molar-refractivity contribution >= 4 is 60.7 Å². The fourth-order valence-corrected chi connectivity index (χ4v) is 2.43. The van der Waals surface area contributed by atoms with Gasteiger partial charge in [-0.1, -0.05) is 44.1 Å². The highest BCUT2D eigenvalue weighted by atomic mass is 79.9. The molecule has 3 nitrogen and oxygen atoms in total. The Morgan fingerprint density at radius 1 is 1.05 bits per heavy atom. The zero-order valence-electron chi connectivity index (χ0n) is 10.2. The molecular weight excluding hydrogens is 404 g/mol. The Labute approximate surface area is 138 Å². The number of hydrogen-bond acceptors (Lipinski definition) is 2. The average Bonchev–Trinajstić information content (AvgIpc) is 2.39. The summed E-state index contributed by atoms with van der Waals surface area (Å²) in [5.41, 5.74) is 7.43. The van der Waals surface area contributed by atoms with Crippen LogP contribution in [0.1, 0.15) is 15.9 Å². The molecule has 2 aromatic rings. The lowest BCUT2D eigenvalue weighted by atomic mass is 10.1. The van der Waals surface area contributed by atoms with Gasteiger partial charge in [0, 0.05) is 20.1 Å². The monoisotopic (exact) mass is 412 g/mol. The second kappa shape index (κ2) is 6.47. The van der Waals surface area contributed by atoms with Gasteiger partial charge in [0.25, 0.3) is 5.91 Å². The zero-order chi connectivity index (χ0) is 14.7. The van der Waals surface area contributed by atoms with E-state index in [2.05, 4.69) is 37.2 Å². The first-order valence-electron chi connectivity index (χ1n) is 5.63. The number of rotatable bonds is 3. The number of amides is 1. The number of anilines is 1. The maximum absolute atomic E-state index is 12.2. The molecule has 0 radical (unpaired) electrons. The summed E-state index contributed by atoms with van der Waals surface area (Å²) >= 11 is 11.7. The first-order chi connectivity index (χ1) is 9.47. The van der Waals surface area contributed by atoms with Crippen molar-refractivity contribution < 1.29 is 4.79 Å². The van der Waals surface area contributed by atoms with E-state index in [1.807, 2.05) is 18.2 Å². The lowest BCUT2D eigenvalue weighted by Crippen LogP contribution is -2.17. The molecule has 0 saturated heterocycles. The van der Waals surface area contributed by atoms with Gasteiger partial charge >= 0.3 is 0 Å². The number of nitrogens with two attached hydrogens (primary N) is 1. The molecule has 0 heterocycles. The number of carbonyl (C=O) groups excluding carboxylic acids is 1. The van der Waals surface area contributed by atoms with Crippen LogP contribution in [0.2, 0.25) is 0 Å². The van der Waals surface area contributed by atoms with Crippen LogP contribution in [0.3, 0.4) is 0 Å². The van der Waals surface area contributed by atoms with Crippen molar-refractivity contribution in [2.24, 2.45) is 5.73 Å². The van der Waals surface area contributed by atoms with E-state index in [9.17, 15) is 4.79 Å². The van der Waals surface area contributed by atoms with E-state index in [4.69, 9.17) is 18.0 Å². The molecule has 0 bridgehead atoms. The molecule has 2 aromatic carbocycles. The van der Waals surface area contributed by atoms with E-state index in [0.717, 1.165) is 8.95 Å². The predicted octanol–water partition coefficient (Wildman–Crippen LogP) is 4.10. The van der Waals surface area contributed by atoms with Crippen molar-refractivity contribution in [3.63, 3.8) is 0 Å². The minimum atomic E-state index is -0.215. The van der Waals surface area contributed by atoms with Crippen LogP contribution in [-0.2, 0) is 0 Å². The van der Waals surface area contributed by atoms with Crippen LogP contribution in [0.25, 0.3) is 0 Å². The number of benzene rings is 2. The summed E-state index contributed by atoms with van der Waals surface area (Å²) in [4.78, 5) is 12.4. The first-order valence-corrected chi connectivity index (χ1v) is 7.63. The highest BCUT2D eigenvalue weighted by molar-refractivity contribution is 9.10. The van der Waals surface area contributed by atoms with Gasteiger partial charge in [0.2, 0.25) is 0 Å². The fraction of sp³-hybridized carbons (Fsp3) is 0. The molecule has 0 aromatic heterocycles. The molecule has 6 heteroatoms. The van der Waals surface area contributed by atoms with Gasteiger partial charge in [-0.3, -0.25) is 4.79 Å². The lowest BCUT2D eigenvalue weighted by Gasteiger charge is -2.11. The summed E-state index contributed by atoms with van der Waals surface area (Å²) in [6.45, 7) is 0. The van der Waals surface area contributed by atoms with E-state index in [1.165, 1.54) is 0 Å². The van der Waals surface area contributed by atoms with Crippen molar-refractivity contribution in [3.05, 3.63) is 62.5 Å². The second-order valence-corrected chi connectivity index (χ2v) is 6.29. The number of nitrogens with one attached hydrogen (secondary N) is 1. The zero-order valence-corrected chi connectivity index (χ0v) is 14.2. The lowest BCUT2D eigenvalue weighted by molar-refractivity contribution is 0.102. The Balaban J connectivity index is 2.29. The van der Waals surface area contributed by atoms with Gasteiger partial charge in [-0.25, -0.2) is 0 Å². The van der Waals surface area contributed by atoms with Crippen LogP contribution in [0.15, 0.2) is 51.4 Å². The minimum absolute atomic E-state index is 0.215. The van der Waals surface area contributed by atoms with E-state index in [-0.39, 0.29) is 10.9 Å². The third kappa shape index (κ3) is 3.65. The maximum Gasteiger partial charge on any atom is 0.255 e. The summed E-state index contributed by atoms with van der Waals surface area (Å²) in [7, 11) is 0. The normalized spacial score (nSPS) is 10.1. The predicted molar refractivity (Wildman–Crippen MR) is 92.1 cm³/mol. The van der Waals surface area contributed by atoms with Gasteiger partial charge in [-0.2, -0.15) is 0 Å². The molecule has 3 N–H and O–H groups in total. The van der Waals surface area contributed by atoms with Crippen LogP contribution in [0.5, 0.6) is 0 Å².